The number of imidazole rings is 1. The van der Waals surface area contributed by atoms with E-state index in [4.69, 9.17) is 18.9 Å². The molecule has 7 rings (SSSR count). The molecule has 0 bridgehead atoms. The molecule has 1 amide bonds. The number of nitrogens with zero attached hydrogens (tertiary/aromatic N) is 6. The SMILES string of the molecule is COc1cc(OCc2csc(-c3ccc(C(=O)N4CCC(O)C4)cc3)n2)c2cc(-c3cn4nc(C)cnc4n3)oc2c1. The summed E-state index contributed by atoms with van der Waals surface area (Å²) in [4.78, 5) is 28.0. The standard InChI is InChI=1S/C30H26N6O5S/c1-17-12-31-30-33-24(14-36(30)34-17)27-11-23-25(9-22(39-2)10-26(23)41-27)40-15-20-16-42-28(32-20)18-3-5-19(6-4-18)29(38)35-8-7-21(37)13-35/h3-6,9-12,14,16,21,37H,7-8,13,15H2,1-2H3. The van der Waals surface area contributed by atoms with Crippen LogP contribution in [0.5, 0.6) is 11.5 Å². The highest BCUT2D eigenvalue weighted by molar-refractivity contribution is 7.13. The predicted molar refractivity (Wildman–Crippen MR) is 156 cm³/mol. The molecule has 1 aliphatic heterocycles. The molecule has 12 heteroatoms. The number of β-amino-alcohol motifs (C(OH)–C–C–N with tert-alkyl or cyclic N) is 1. The Balaban J connectivity index is 1.09. The van der Waals surface area contributed by atoms with E-state index >= 15 is 0 Å². The van der Waals surface area contributed by atoms with Crippen molar-refractivity contribution in [1.29, 1.82) is 0 Å². The third kappa shape index (κ3) is 4.95. The van der Waals surface area contributed by atoms with Gasteiger partial charge < -0.3 is 23.9 Å². The fourth-order valence-corrected chi connectivity index (χ4v) is 5.77. The molecule has 5 heterocycles. The van der Waals surface area contributed by atoms with Crippen LogP contribution >= 0.6 is 11.3 Å². The van der Waals surface area contributed by atoms with Crippen LogP contribution in [0.25, 0.3) is 38.8 Å². The summed E-state index contributed by atoms with van der Waals surface area (Å²) in [6.45, 7) is 3.07. The van der Waals surface area contributed by atoms with Crippen LogP contribution in [0.2, 0.25) is 0 Å². The number of ether oxygens (including phenoxy) is 2. The molecule has 6 aromatic rings. The Morgan fingerprint density at radius 3 is 2.83 bits per heavy atom. The summed E-state index contributed by atoms with van der Waals surface area (Å²) in [6.07, 6.45) is 3.63. The summed E-state index contributed by atoms with van der Waals surface area (Å²) in [5.41, 5.74) is 4.28. The van der Waals surface area contributed by atoms with Gasteiger partial charge in [-0.25, -0.2) is 19.5 Å². The molecule has 0 aliphatic carbocycles. The van der Waals surface area contributed by atoms with Gasteiger partial charge in [-0.15, -0.1) is 11.3 Å². The second kappa shape index (κ2) is 10.5. The van der Waals surface area contributed by atoms with Gasteiger partial charge >= 0.3 is 0 Å². The van der Waals surface area contributed by atoms with Crippen molar-refractivity contribution in [3.8, 4) is 33.5 Å². The molecule has 1 N–H and O–H groups in total. The fourth-order valence-electron chi connectivity index (χ4n) is 4.96. The monoisotopic (exact) mass is 582 g/mol. The molecule has 4 aromatic heterocycles. The van der Waals surface area contributed by atoms with Gasteiger partial charge in [0.15, 0.2) is 5.76 Å². The van der Waals surface area contributed by atoms with Crippen LogP contribution < -0.4 is 9.47 Å². The highest BCUT2D eigenvalue weighted by Gasteiger charge is 2.25. The van der Waals surface area contributed by atoms with Crippen LogP contribution in [0.1, 0.15) is 28.2 Å². The van der Waals surface area contributed by atoms with Crippen molar-refractivity contribution < 1.29 is 23.8 Å². The molecule has 1 atom stereocenters. The van der Waals surface area contributed by atoms with E-state index in [0.717, 1.165) is 27.3 Å². The van der Waals surface area contributed by atoms with Gasteiger partial charge in [-0.05, 0) is 31.5 Å². The molecular weight excluding hydrogens is 556 g/mol. The maximum atomic E-state index is 12.7. The van der Waals surface area contributed by atoms with Crippen molar-refractivity contribution in [3.63, 3.8) is 0 Å². The number of aliphatic hydroxyl groups is 1. The number of aromatic nitrogens is 5. The number of amides is 1. The molecule has 0 radical (unpaired) electrons. The largest absolute Gasteiger partial charge is 0.496 e. The van der Waals surface area contributed by atoms with Crippen LogP contribution in [-0.2, 0) is 6.61 Å². The molecular formula is C30H26N6O5S. The number of rotatable bonds is 7. The van der Waals surface area contributed by atoms with Gasteiger partial charge in [0.1, 0.15) is 34.4 Å². The van der Waals surface area contributed by atoms with E-state index in [1.807, 2.05) is 42.6 Å². The number of methoxy groups -OCH3 is 1. The molecule has 1 saturated heterocycles. The normalized spacial score (nSPS) is 15.1. The number of thiazole rings is 1. The number of likely N-dealkylation sites (tertiary alicyclic amines) is 1. The molecule has 1 fully saturated rings. The number of fused-ring (bicyclic) bond motifs is 2. The smallest absolute Gasteiger partial charge is 0.253 e. The first-order chi connectivity index (χ1) is 20.4. The number of hydrogen-bond donors (Lipinski definition) is 1. The molecule has 42 heavy (non-hydrogen) atoms. The number of aryl methyl sites for hydroxylation is 1. The average molecular weight is 583 g/mol. The minimum absolute atomic E-state index is 0.0667. The van der Waals surface area contributed by atoms with Crippen molar-refractivity contribution in [1.82, 2.24) is 29.5 Å². The van der Waals surface area contributed by atoms with Gasteiger partial charge in [0.2, 0.25) is 0 Å². The summed E-state index contributed by atoms with van der Waals surface area (Å²) in [5.74, 6) is 2.18. The van der Waals surface area contributed by atoms with E-state index < -0.39 is 6.10 Å². The lowest BCUT2D eigenvalue weighted by molar-refractivity contribution is 0.0765. The lowest BCUT2D eigenvalue weighted by Crippen LogP contribution is -2.29. The second-order valence-corrected chi connectivity index (χ2v) is 11.0. The number of furan rings is 1. The van der Waals surface area contributed by atoms with Gasteiger partial charge in [-0.1, -0.05) is 12.1 Å². The summed E-state index contributed by atoms with van der Waals surface area (Å²) in [6, 6.07) is 12.9. The molecule has 0 saturated carbocycles. The summed E-state index contributed by atoms with van der Waals surface area (Å²) < 4.78 is 19.5. The van der Waals surface area contributed by atoms with Gasteiger partial charge in [-0.3, -0.25) is 4.79 Å². The van der Waals surface area contributed by atoms with Crippen molar-refractivity contribution in [3.05, 3.63) is 77.2 Å². The number of carbonyl (C=O) groups is 1. The Kier molecular flexibility index (Phi) is 6.56. The third-order valence-corrected chi connectivity index (χ3v) is 8.06. The number of hydrogen-bond acceptors (Lipinski definition) is 10. The fraction of sp³-hybridized carbons (Fsp3) is 0.233. The van der Waals surface area contributed by atoms with E-state index in [1.165, 1.54) is 11.3 Å². The maximum Gasteiger partial charge on any atom is 0.253 e. The van der Waals surface area contributed by atoms with Crippen LogP contribution in [0.4, 0.5) is 0 Å². The zero-order chi connectivity index (χ0) is 28.8. The van der Waals surface area contributed by atoms with E-state index in [1.54, 1.807) is 41.1 Å². The molecule has 2 aromatic carbocycles. The van der Waals surface area contributed by atoms with Crippen LogP contribution in [-0.4, -0.2) is 66.8 Å². The quantitative estimate of drug-likeness (QED) is 0.283. The molecule has 1 unspecified atom stereocenters. The van der Waals surface area contributed by atoms with E-state index in [0.29, 0.717) is 59.4 Å². The maximum absolute atomic E-state index is 12.7. The van der Waals surface area contributed by atoms with Crippen molar-refractivity contribution >= 4 is 34.0 Å². The summed E-state index contributed by atoms with van der Waals surface area (Å²) in [5, 5.41) is 17.7. The Morgan fingerprint density at radius 1 is 1.19 bits per heavy atom. The lowest BCUT2D eigenvalue weighted by Gasteiger charge is -2.15. The van der Waals surface area contributed by atoms with Crippen molar-refractivity contribution in [2.45, 2.75) is 26.1 Å². The first-order valence-corrected chi connectivity index (χ1v) is 14.3. The summed E-state index contributed by atoms with van der Waals surface area (Å²) in [7, 11) is 1.59. The van der Waals surface area contributed by atoms with Crippen LogP contribution in [0, 0.1) is 6.92 Å². The van der Waals surface area contributed by atoms with E-state index in [2.05, 4.69) is 15.1 Å². The van der Waals surface area contributed by atoms with Crippen LogP contribution in [0.15, 0.2) is 64.7 Å². The van der Waals surface area contributed by atoms with Crippen molar-refractivity contribution in [2.75, 3.05) is 20.2 Å². The highest BCUT2D eigenvalue weighted by atomic mass is 32.1. The highest BCUT2D eigenvalue weighted by Crippen LogP contribution is 2.37. The molecule has 11 nitrogen and oxygen atoms in total. The first kappa shape index (κ1) is 26.1. The number of aliphatic hydroxyl groups excluding tert-OH is 1. The molecule has 0 spiro atoms. The Morgan fingerprint density at radius 2 is 2.05 bits per heavy atom. The first-order valence-electron chi connectivity index (χ1n) is 13.4. The molecule has 212 valence electrons. The van der Waals surface area contributed by atoms with Gasteiger partial charge in [0, 0.05) is 41.7 Å². The Hall–Kier alpha value is -4.81. The molecule has 1 aliphatic rings. The Bertz CT molecular complexity index is 1930. The average Bonchev–Trinajstić information content (AvgIpc) is 3.81. The second-order valence-electron chi connectivity index (χ2n) is 10.1. The zero-order valence-corrected chi connectivity index (χ0v) is 23.7. The summed E-state index contributed by atoms with van der Waals surface area (Å²) >= 11 is 1.51. The third-order valence-electron chi connectivity index (χ3n) is 7.12. The topological polar surface area (TPSA) is 128 Å². The zero-order valence-electron chi connectivity index (χ0n) is 22.9. The van der Waals surface area contributed by atoms with E-state index in [-0.39, 0.29) is 12.5 Å². The van der Waals surface area contributed by atoms with E-state index in [9.17, 15) is 9.90 Å². The van der Waals surface area contributed by atoms with Gasteiger partial charge in [-0.2, -0.15) is 5.10 Å². The minimum Gasteiger partial charge on any atom is -0.496 e. The van der Waals surface area contributed by atoms with Gasteiger partial charge in [0.05, 0.1) is 42.4 Å². The Labute approximate surface area is 244 Å². The van der Waals surface area contributed by atoms with Crippen LogP contribution in [0.3, 0.4) is 0 Å². The van der Waals surface area contributed by atoms with Gasteiger partial charge in [0.25, 0.3) is 11.7 Å². The lowest BCUT2D eigenvalue weighted by atomic mass is 10.1. The predicted octanol–water partition coefficient (Wildman–Crippen LogP) is 4.76. The number of carbonyl (C=O) groups excluding carboxylic acids is 1. The number of benzene rings is 2. The van der Waals surface area contributed by atoms with Crippen molar-refractivity contribution in [2.24, 2.45) is 0 Å². The minimum atomic E-state index is -0.440.